The number of aryl methyl sites for hydroxylation is 2. The zero-order valence-electron chi connectivity index (χ0n) is 11.3. The molecule has 1 atom stereocenters. The van der Waals surface area contributed by atoms with Gasteiger partial charge in [0, 0.05) is 17.1 Å². The second-order valence-corrected chi connectivity index (χ2v) is 6.46. The van der Waals surface area contributed by atoms with E-state index in [1.54, 1.807) is 0 Å². The Bertz CT molecular complexity index is 711. The third kappa shape index (κ3) is 1.89. The van der Waals surface area contributed by atoms with Crippen LogP contribution in [0.2, 0.25) is 0 Å². The second kappa shape index (κ2) is 4.59. The van der Waals surface area contributed by atoms with Crippen LogP contribution in [0.15, 0.2) is 18.2 Å². The lowest BCUT2D eigenvalue weighted by Gasteiger charge is -2.05. The lowest BCUT2D eigenvalue weighted by Crippen LogP contribution is -2.09. The van der Waals surface area contributed by atoms with Gasteiger partial charge in [-0.15, -0.1) is 11.3 Å². The van der Waals surface area contributed by atoms with Gasteiger partial charge in [0.25, 0.3) is 0 Å². The Balaban J connectivity index is 2.06. The summed E-state index contributed by atoms with van der Waals surface area (Å²) in [6.45, 7) is 4.45. The Morgan fingerprint density at radius 2 is 2.10 bits per heavy atom. The first-order chi connectivity index (χ1) is 9.49. The number of rotatable bonds is 3. The number of carboxylic acids is 1. The number of fused-ring (bicyclic) bond motifs is 1. The number of carbonyl (C=O) groups excluding carboxylic acids is 1. The van der Waals surface area contributed by atoms with E-state index in [1.807, 2.05) is 36.6 Å². The van der Waals surface area contributed by atoms with Gasteiger partial charge in [-0.2, -0.15) is 0 Å². The molecule has 1 unspecified atom stereocenters. The van der Waals surface area contributed by atoms with Crippen molar-refractivity contribution in [2.75, 3.05) is 0 Å². The quantitative estimate of drug-likeness (QED) is 0.884. The van der Waals surface area contributed by atoms with Crippen LogP contribution in [-0.4, -0.2) is 21.4 Å². The van der Waals surface area contributed by atoms with Crippen molar-refractivity contribution in [1.82, 2.24) is 4.57 Å². The summed E-state index contributed by atoms with van der Waals surface area (Å²) in [5, 5.41) is 9.22. The lowest BCUT2D eigenvalue weighted by atomic mass is 10.0. The number of ketones is 1. The van der Waals surface area contributed by atoms with Gasteiger partial charge in [-0.05, 0) is 44.0 Å². The van der Waals surface area contributed by atoms with Crippen LogP contribution in [0.4, 0.5) is 0 Å². The van der Waals surface area contributed by atoms with Crippen molar-refractivity contribution in [3.63, 3.8) is 0 Å². The fourth-order valence-electron chi connectivity index (χ4n) is 2.87. The highest BCUT2D eigenvalue weighted by atomic mass is 32.1. The van der Waals surface area contributed by atoms with E-state index in [4.69, 9.17) is 0 Å². The van der Waals surface area contributed by atoms with Crippen LogP contribution >= 0.6 is 11.3 Å². The van der Waals surface area contributed by atoms with Gasteiger partial charge < -0.3 is 9.67 Å². The van der Waals surface area contributed by atoms with Crippen molar-refractivity contribution in [2.45, 2.75) is 32.7 Å². The molecule has 0 saturated heterocycles. The van der Waals surface area contributed by atoms with Crippen molar-refractivity contribution in [3.8, 4) is 0 Å². The molecule has 2 aromatic heterocycles. The fourth-order valence-corrected chi connectivity index (χ4v) is 3.68. The van der Waals surface area contributed by atoms with Gasteiger partial charge in [-0.3, -0.25) is 9.59 Å². The third-order valence-corrected chi connectivity index (χ3v) is 4.79. The molecule has 0 radical (unpaired) electrons. The number of carbonyl (C=O) groups is 2. The maximum Gasteiger partial charge on any atom is 0.312 e. The number of aliphatic carboxylic acids is 1. The molecule has 104 valence electrons. The Morgan fingerprint density at radius 3 is 2.70 bits per heavy atom. The molecule has 1 aliphatic rings. The van der Waals surface area contributed by atoms with E-state index in [0.717, 1.165) is 16.1 Å². The SMILES string of the molecule is Cc1ccc(C(=O)c2c(C)cc3n2CCC3C(=O)O)s1. The van der Waals surface area contributed by atoms with E-state index in [-0.39, 0.29) is 5.78 Å². The van der Waals surface area contributed by atoms with E-state index in [1.165, 1.54) is 11.3 Å². The first-order valence-corrected chi connectivity index (χ1v) is 7.34. The monoisotopic (exact) mass is 289 g/mol. The van der Waals surface area contributed by atoms with Crippen LogP contribution in [0.3, 0.4) is 0 Å². The topological polar surface area (TPSA) is 59.3 Å². The van der Waals surface area contributed by atoms with Crippen molar-refractivity contribution >= 4 is 23.1 Å². The van der Waals surface area contributed by atoms with Crippen molar-refractivity contribution < 1.29 is 14.7 Å². The maximum atomic E-state index is 12.6. The molecule has 3 heterocycles. The lowest BCUT2D eigenvalue weighted by molar-refractivity contribution is -0.138. The molecule has 20 heavy (non-hydrogen) atoms. The molecule has 3 rings (SSSR count). The van der Waals surface area contributed by atoms with Crippen LogP contribution in [0.25, 0.3) is 0 Å². The van der Waals surface area contributed by atoms with Crippen molar-refractivity contribution in [1.29, 1.82) is 0 Å². The first-order valence-electron chi connectivity index (χ1n) is 6.53. The summed E-state index contributed by atoms with van der Waals surface area (Å²) < 4.78 is 1.88. The minimum absolute atomic E-state index is 0.00195. The summed E-state index contributed by atoms with van der Waals surface area (Å²) in [7, 11) is 0. The average Bonchev–Trinajstić information content (AvgIpc) is 3.02. The highest BCUT2D eigenvalue weighted by Gasteiger charge is 2.33. The summed E-state index contributed by atoms with van der Waals surface area (Å²) in [4.78, 5) is 25.7. The summed E-state index contributed by atoms with van der Waals surface area (Å²) in [5.74, 6) is -1.30. The van der Waals surface area contributed by atoms with Crippen molar-refractivity contribution in [3.05, 3.63) is 44.9 Å². The molecule has 2 aromatic rings. The molecule has 0 aromatic carbocycles. The predicted octanol–water partition coefficient (Wildman–Crippen LogP) is 2.97. The summed E-state index contributed by atoms with van der Waals surface area (Å²) in [6, 6.07) is 5.62. The highest BCUT2D eigenvalue weighted by Crippen LogP contribution is 2.34. The van der Waals surface area contributed by atoms with Gasteiger partial charge in [0.1, 0.15) is 0 Å². The molecule has 5 heteroatoms. The number of aromatic nitrogens is 1. The van der Waals surface area contributed by atoms with Crippen LogP contribution in [-0.2, 0) is 11.3 Å². The largest absolute Gasteiger partial charge is 0.481 e. The molecular formula is C15H15NO3S. The third-order valence-electron chi connectivity index (χ3n) is 3.80. The minimum atomic E-state index is -0.813. The first kappa shape index (κ1) is 13.1. The zero-order chi connectivity index (χ0) is 14.4. The van der Waals surface area contributed by atoms with Crippen LogP contribution in [0.1, 0.15) is 43.8 Å². The Labute approximate surface area is 120 Å². The van der Waals surface area contributed by atoms with E-state index < -0.39 is 11.9 Å². The molecular weight excluding hydrogens is 274 g/mol. The van der Waals surface area contributed by atoms with Crippen molar-refractivity contribution in [2.24, 2.45) is 0 Å². The molecule has 1 aliphatic heterocycles. The zero-order valence-corrected chi connectivity index (χ0v) is 12.2. The molecule has 0 fully saturated rings. The normalized spacial score (nSPS) is 17.2. The Hall–Kier alpha value is -1.88. The van der Waals surface area contributed by atoms with Crippen LogP contribution in [0, 0.1) is 13.8 Å². The summed E-state index contributed by atoms with van der Waals surface area (Å²) in [5.41, 5.74) is 2.26. The predicted molar refractivity (Wildman–Crippen MR) is 76.7 cm³/mol. The maximum absolute atomic E-state index is 12.6. The molecule has 0 spiro atoms. The van der Waals surface area contributed by atoms with Gasteiger partial charge >= 0.3 is 5.97 Å². The van der Waals surface area contributed by atoms with Gasteiger partial charge in [0.2, 0.25) is 5.78 Å². The minimum Gasteiger partial charge on any atom is -0.481 e. The molecule has 0 amide bonds. The Kier molecular flexibility index (Phi) is 3.01. The van der Waals surface area contributed by atoms with E-state index in [0.29, 0.717) is 23.5 Å². The van der Waals surface area contributed by atoms with Gasteiger partial charge in [0.15, 0.2) is 0 Å². The van der Waals surface area contributed by atoms with Crippen LogP contribution in [0.5, 0.6) is 0 Å². The van der Waals surface area contributed by atoms with Gasteiger partial charge in [-0.25, -0.2) is 0 Å². The smallest absolute Gasteiger partial charge is 0.312 e. The standard InChI is InChI=1S/C15H15NO3S/c1-8-7-11-10(15(18)19)5-6-16(11)13(8)14(17)12-4-3-9(2)20-12/h3-4,7,10H,5-6H2,1-2H3,(H,18,19). The van der Waals surface area contributed by atoms with Gasteiger partial charge in [0.05, 0.1) is 16.5 Å². The highest BCUT2D eigenvalue weighted by molar-refractivity contribution is 7.14. The van der Waals surface area contributed by atoms with Crippen LogP contribution < -0.4 is 0 Å². The second-order valence-electron chi connectivity index (χ2n) is 5.17. The van der Waals surface area contributed by atoms with E-state index in [9.17, 15) is 14.7 Å². The number of hydrogen-bond donors (Lipinski definition) is 1. The molecule has 0 bridgehead atoms. The molecule has 0 saturated carbocycles. The fraction of sp³-hybridized carbons (Fsp3) is 0.333. The number of carboxylic acid groups (broad SMARTS) is 1. The average molecular weight is 289 g/mol. The molecule has 4 nitrogen and oxygen atoms in total. The van der Waals surface area contributed by atoms with Gasteiger partial charge in [-0.1, -0.05) is 0 Å². The van der Waals surface area contributed by atoms with E-state index >= 15 is 0 Å². The summed E-state index contributed by atoms with van der Waals surface area (Å²) in [6.07, 6.45) is 0.564. The number of thiophene rings is 1. The molecule has 0 aliphatic carbocycles. The number of nitrogens with zero attached hydrogens (tertiary/aromatic N) is 1. The summed E-state index contributed by atoms with van der Waals surface area (Å²) >= 11 is 1.48. The Morgan fingerprint density at radius 1 is 1.35 bits per heavy atom. The molecule has 1 N–H and O–H groups in total. The van der Waals surface area contributed by atoms with E-state index in [2.05, 4.69) is 0 Å². The number of hydrogen-bond acceptors (Lipinski definition) is 3.